The van der Waals surface area contributed by atoms with Crippen LogP contribution in [0.25, 0.3) is 0 Å². The van der Waals surface area contributed by atoms with Crippen LogP contribution in [-0.4, -0.2) is 38.0 Å². The molecule has 1 fully saturated rings. The zero-order valence-electron chi connectivity index (χ0n) is 12.3. The fourth-order valence-corrected chi connectivity index (χ4v) is 4.59. The van der Waals surface area contributed by atoms with Crippen LogP contribution in [0.2, 0.25) is 0 Å². The Kier molecular flexibility index (Phi) is 4.19. The van der Waals surface area contributed by atoms with Crippen molar-refractivity contribution in [3.63, 3.8) is 0 Å². The van der Waals surface area contributed by atoms with Gasteiger partial charge in [0.05, 0.1) is 0 Å². The van der Waals surface area contributed by atoms with Crippen molar-refractivity contribution in [2.45, 2.75) is 44.8 Å². The number of nitrogens with one attached hydrogen (secondary N) is 1. The standard InChI is InChI=1S/C15H22N2O3S/c1-12-6-4-5-9-17(12)21(18,19)16-11-14-10-13-7-2-3-8-15(13)20-14/h2-3,7-8,12,14,16H,4-6,9-11H2,1H3/t12-,14+/m0/s1. The maximum atomic E-state index is 12.4. The molecular formula is C15H22N2O3S. The molecule has 1 saturated heterocycles. The monoisotopic (exact) mass is 310 g/mol. The molecule has 1 aromatic rings. The Balaban J connectivity index is 1.58. The molecule has 6 heteroatoms. The molecule has 0 aliphatic carbocycles. The zero-order chi connectivity index (χ0) is 14.9. The van der Waals surface area contributed by atoms with Gasteiger partial charge in [-0.15, -0.1) is 0 Å². The summed E-state index contributed by atoms with van der Waals surface area (Å²) in [6.45, 7) is 2.91. The smallest absolute Gasteiger partial charge is 0.279 e. The SMILES string of the molecule is C[C@H]1CCCCN1S(=O)(=O)NC[C@H]1Cc2ccccc2O1. The molecule has 2 aliphatic heterocycles. The molecular weight excluding hydrogens is 288 g/mol. The van der Waals surface area contributed by atoms with Gasteiger partial charge >= 0.3 is 0 Å². The second kappa shape index (κ2) is 5.94. The van der Waals surface area contributed by atoms with Crippen LogP contribution >= 0.6 is 0 Å². The molecule has 116 valence electrons. The Morgan fingerprint density at radius 1 is 1.33 bits per heavy atom. The first-order valence-corrected chi connectivity index (χ1v) is 9.01. The fourth-order valence-electron chi connectivity index (χ4n) is 3.08. The van der Waals surface area contributed by atoms with E-state index in [-0.39, 0.29) is 12.1 Å². The van der Waals surface area contributed by atoms with Crippen molar-refractivity contribution in [3.05, 3.63) is 29.8 Å². The molecule has 0 bridgehead atoms. The van der Waals surface area contributed by atoms with E-state index in [4.69, 9.17) is 4.74 Å². The molecule has 0 aromatic heterocycles. The lowest BCUT2D eigenvalue weighted by atomic mass is 10.1. The number of rotatable bonds is 4. The van der Waals surface area contributed by atoms with E-state index in [1.807, 2.05) is 31.2 Å². The summed E-state index contributed by atoms with van der Waals surface area (Å²) in [6.07, 6.45) is 3.63. The first-order chi connectivity index (χ1) is 10.1. The normalized spacial score (nSPS) is 26.3. The molecule has 1 aromatic carbocycles. The molecule has 0 saturated carbocycles. The predicted molar refractivity (Wildman–Crippen MR) is 81.5 cm³/mol. The van der Waals surface area contributed by atoms with Gasteiger partial charge in [-0.3, -0.25) is 0 Å². The van der Waals surface area contributed by atoms with Crippen LogP contribution in [0.1, 0.15) is 31.7 Å². The van der Waals surface area contributed by atoms with Crippen LogP contribution in [0.3, 0.4) is 0 Å². The number of ether oxygens (including phenoxy) is 1. The molecule has 1 N–H and O–H groups in total. The highest BCUT2D eigenvalue weighted by atomic mass is 32.2. The molecule has 0 amide bonds. The molecule has 0 radical (unpaired) electrons. The van der Waals surface area contributed by atoms with E-state index >= 15 is 0 Å². The summed E-state index contributed by atoms with van der Waals surface area (Å²) in [4.78, 5) is 0. The Morgan fingerprint density at radius 3 is 2.90 bits per heavy atom. The minimum absolute atomic E-state index is 0.0814. The minimum Gasteiger partial charge on any atom is -0.488 e. The van der Waals surface area contributed by atoms with Gasteiger partial charge < -0.3 is 4.74 Å². The molecule has 3 rings (SSSR count). The fraction of sp³-hybridized carbons (Fsp3) is 0.600. The Labute approximate surface area is 126 Å². The second-order valence-corrected chi connectivity index (χ2v) is 7.57. The number of nitrogens with zero attached hydrogens (tertiary/aromatic N) is 1. The largest absolute Gasteiger partial charge is 0.488 e. The number of para-hydroxylation sites is 1. The lowest BCUT2D eigenvalue weighted by molar-refractivity contribution is 0.229. The quantitative estimate of drug-likeness (QED) is 0.921. The second-order valence-electron chi connectivity index (χ2n) is 5.86. The molecule has 0 unspecified atom stereocenters. The number of hydrogen-bond donors (Lipinski definition) is 1. The summed E-state index contributed by atoms with van der Waals surface area (Å²) in [5, 5.41) is 0. The molecule has 2 atom stereocenters. The highest BCUT2D eigenvalue weighted by molar-refractivity contribution is 7.87. The van der Waals surface area contributed by atoms with Crippen molar-refractivity contribution >= 4 is 10.2 Å². The summed E-state index contributed by atoms with van der Waals surface area (Å²) in [7, 11) is -3.40. The number of fused-ring (bicyclic) bond motifs is 1. The molecule has 2 aliphatic rings. The van der Waals surface area contributed by atoms with Gasteiger partial charge in [-0.2, -0.15) is 17.4 Å². The van der Waals surface area contributed by atoms with Crippen LogP contribution in [0.4, 0.5) is 0 Å². The third-order valence-corrected chi connectivity index (χ3v) is 5.95. The Bertz CT molecular complexity index is 578. The summed E-state index contributed by atoms with van der Waals surface area (Å²) >= 11 is 0. The molecule has 2 heterocycles. The first-order valence-electron chi connectivity index (χ1n) is 7.57. The van der Waals surface area contributed by atoms with Crippen LogP contribution in [0.5, 0.6) is 5.75 Å². The van der Waals surface area contributed by atoms with Gasteiger partial charge in [0, 0.05) is 25.6 Å². The van der Waals surface area contributed by atoms with Gasteiger partial charge in [0.25, 0.3) is 10.2 Å². The van der Waals surface area contributed by atoms with E-state index in [0.29, 0.717) is 13.1 Å². The average Bonchev–Trinajstić information content (AvgIpc) is 2.88. The van der Waals surface area contributed by atoms with Crippen LogP contribution < -0.4 is 9.46 Å². The molecule has 21 heavy (non-hydrogen) atoms. The maximum absolute atomic E-state index is 12.4. The summed E-state index contributed by atoms with van der Waals surface area (Å²) in [6, 6.07) is 7.94. The van der Waals surface area contributed by atoms with E-state index in [1.54, 1.807) is 4.31 Å². The van der Waals surface area contributed by atoms with Gasteiger partial charge in [-0.05, 0) is 31.4 Å². The summed E-state index contributed by atoms with van der Waals surface area (Å²) in [5.41, 5.74) is 1.15. The van der Waals surface area contributed by atoms with E-state index in [1.165, 1.54) is 0 Å². The minimum atomic E-state index is -3.40. The van der Waals surface area contributed by atoms with E-state index in [0.717, 1.165) is 37.0 Å². The van der Waals surface area contributed by atoms with Gasteiger partial charge in [0.2, 0.25) is 0 Å². The highest BCUT2D eigenvalue weighted by Crippen LogP contribution is 2.28. The number of benzene rings is 1. The van der Waals surface area contributed by atoms with Crippen molar-refractivity contribution in [2.75, 3.05) is 13.1 Å². The van der Waals surface area contributed by atoms with E-state index < -0.39 is 10.2 Å². The van der Waals surface area contributed by atoms with Gasteiger partial charge in [-0.25, -0.2) is 0 Å². The van der Waals surface area contributed by atoms with Crippen LogP contribution in [-0.2, 0) is 16.6 Å². The Morgan fingerprint density at radius 2 is 2.14 bits per heavy atom. The topological polar surface area (TPSA) is 58.6 Å². The van der Waals surface area contributed by atoms with Crippen LogP contribution in [0.15, 0.2) is 24.3 Å². The summed E-state index contributed by atoms with van der Waals surface area (Å²) < 4.78 is 34.8. The van der Waals surface area contributed by atoms with E-state index in [9.17, 15) is 8.42 Å². The van der Waals surface area contributed by atoms with Gasteiger partial charge in [0.15, 0.2) is 0 Å². The van der Waals surface area contributed by atoms with E-state index in [2.05, 4.69) is 4.72 Å². The Hall–Kier alpha value is -1.11. The zero-order valence-corrected chi connectivity index (χ0v) is 13.1. The molecule has 0 spiro atoms. The maximum Gasteiger partial charge on any atom is 0.279 e. The predicted octanol–water partition coefficient (Wildman–Crippen LogP) is 1.70. The lowest BCUT2D eigenvalue weighted by Crippen LogP contribution is -2.49. The van der Waals surface area contributed by atoms with Crippen molar-refractivity contribution < 1.29 is 13.2 Å². The number of hydrogen-bond acceptors (Lipinski definition) is 3. The van der Waals surface area contributed by atoms with Crippen molar-refractivity contribution in [1.82, 2.24) is 9.03 Å². The molecule has 5 nitrogen and oxygen atoms in total. The van der Waals surface area contributed by atoms with Crippen molar-refractivity contribution in [2.24, 2.45) is 0 Å². The highest BCUT2D eigenvalue weighted by Gasteiger charge is 2.31. The lowest BCUT2D eigenvalue weighted by Gasteiger charge is -2.32. The summed E-state index contributed by atoms with van der Waals surface area (Å²) in [5.74, 6) is 0.869. The third kappa shape index (κ3) is 3.22. The average molecular weight is 310 g/mol. The van der Waals surface area contributed by atoms with Gasteiger partial charge in [-0.1, -0.05) is 24.6 Å². The van der Waals surface area contributed by atoms with Crippen LogP contribution in [0, 0.1) is 0 Å². The van der Waals surface area contributed by atoms with Gasteiger partial charge in [0.1, 0.15) is 11.9 Å². The number of piperidine rings is 1. The third-order valence-electron chi connectivity index (χ3n) is 4.26. The van der Waals surface area contributed by atoms with Crippen molar-refractivity contribution in [3.8, 4) is 5.75 Å². The first kappa shape index (κ1) is 14.8. The van der Waals surface area contributed by atoms with Crippen molar-refractivity contribution in [1.29, 1.82) is 0 Å².